The summed E-state index contributed by atoms with van der Waals surface area (Å²) in [6, 6.07) is 14.2. The van der Waals surface area contributed by atoms with E-state index in [1.165, 1.54) is 0 Å². The van der Waals surface area contributed by atoms with Crippen LogP contribution in [-0.4, -0.2) is 41.8 Å². The number of ether oxygens (including phenoxy) is 1. The van der Waals surface area contributed by atoms with E-state index in [0.29, 0.717) is 12.8 Å². The fourth-order valence-electron chi connectivity index (χ4n) is 4.10. The Balaban J connectivity index is 1.61. The largest absolute Gasteiger partial charge is 0.480 e. The SMILES string of the molecule is CCC(NC(=O)OCC1c2ccccc2-c2ccccc21)C(=O)N[C@@H](CC(C)C)C(=O)O. The zero-order valence-corrected chi connectivity index (χ0v) is 18.6. The van der Waals surface area contributed by atoms with E-state index in [4.69, 9.17) is 4.74 Å². The summed E-state index contributed by atoms with van der Waals surface area (Å²) in [5.74, 6) is -1.60. The van der Waals surface area contributed by atoms with Crippen LogP contribution in [0.5, 0.6) is 0 Å². The van der Waals surface area contributed by atoms with Crippen molar-refractivity contribution >= 4 is 18.0 Å². The monoisotopic (exact) mass is 438 g/mol. The molecule has 0 aromatic heterocycles. The van der Waals surface area contributed by atoms with Crippen LogP contribution >= 0.6 is 0 Å². The molecule has 2 atom stereocenters. The summed E-state index contributed by atoms with van der Waals surface area (Å²) in [5.41, 5.74) is 4.47. The lowest BCUT2D eigenvalue weighted by atomic mass is 9.98. The van der Waals surface area contributed by atoms with Crippen LogP contribution in [0.1, 0.15) is 50.7 Å². The number of aliphatic carboxylic acids is 1. The predicted molar refractivity (Wildman–Crippen MR) is 121 cm³/mol. The fraction of sp³-hybridized carbons (Fsp3) is 0.400. The molecule has 2 aromatic carbocycles. The normalized spacial score (nSPS) is 14.2. The molecule has 2 amide bonds. The van der Waals surface area contributed by atoms with Crippen molar-refractivity contribution in [2.24, 2.45) is 5.92 Å². The average molecular weight is 439 g/mol. The third kappa shape index (κ3) is 5.28. The summed E-state index contributed by atoms with van der Waals surface area (Å²) >= 11 is 0. The molecule has 1 unspecified atom stereocenters. The second kappa shape index (κ2) is 10.3. The fourth-order valence-corrected chi connectivity index (χ4v) is 4.10. The summed E-state index contributed by atoms with van der Waals surface area (Å²) in [6.45, 7) is 5.65. The number of carbonyl (C=O) groups is 3. The van der Waals surface area contributed by atoms with Gasteiger partial charge in [0.1, 0.15) is 18.7 Å². The van der Waals surface area contributed by atoms with Crippen molar-refractivity contribution in [2.45, 2.75) is 51.6 Å². The number of carboxylic acids is 1. The van der Waals surface area contributed by atoms with Crippen molar-refractivity contribution in [3.63, 3.8) is 0 Å². The second-order valence-corrected chi connectivity index (χ2v) is 8.46. The van der Waals surface area contributed by atoms with Gasteiger partial charge >= 0.3 is 12.1 Å². The van der Waals surface area contributed by atoms with Gasteiger partial charge in [0.05, 0.1) is 0 Å². The number of rotatable bonds is 9. The van der Waals surface area contributed by atoms with Crippen LogP contribution in [-0.2, 0) is 14.3 Å². The minimum Gasteiger partial charge on any atom is -0.480 e. The van der Waals surface area contributed by atoms with Crippen molar-refractivity contribution in [2.75, 3.05) is 6.61 Å². The molecule has 170 valence electrons. The Morgan fingerprint density at radius 3 is 2.00 bits per heavy atom. The molecule has 32 heavy (non-hydrogen) atoms. The molecule has 0 heterocycles. The molecule has 0 fully saturated rings. The van der Waals surface area contributed by atoms with Crippen LogP contribution in [0.2, 0.25) is 0 Å². The Hall–Kier alpha value is -3.35. The second-order valence-electron chi connectivity index (χ2n) is 8.46. The summed E-state index contributed by atoms with van der Waals surface area (Å²) in [4.78, 5) is 36.4. The molecule has 3 rings (SSSR count). The van der Waals surface area contributed by atoms with E-state index in [1.807, 2.05) is 50.2 Å². The number of hydrogen-bond acceptors (Lipinski definition) is 4. The van der Waals surface area contributed by atoms with Gasteiger partial charge in [-0.1, -0.05) is 69.3 Å². The van der Waals surface area contributed by atoms with Crippen molar-refractivity contribution in [3.8, 4) is 11.1 Å². The molecule has 7 nitrogen and oxygen atoms in total. The van der Waals surface area contributed by atoms with Gasteiger partial charge in [0, 0.05) is 5.92 Å². The molecule has 2 aromatic rings. The summed E-state index contributed by atoms with van der Waals surface area (Å²) < 4.78 is 5.49. The van der Waals surface area contributed by atoms with E-state index in [2.05, 4.69) is 22.8 Å². The van der Waals surface area contributed by atoms with Gasteiger partial charge in [-0.05, 0) is 41.0 Å². The Morgan fingerprint density at radius 2 is 1.50 bits per heavy atom. The van der Waals surface area contributed by atoms with Crippen LogP contribution in [0.15, 0.2) is 48.5 Å². The maximum Gasteiger partial charge on any atom is 0.407 e. The van der Waals surface area contributed by atoms with Crippen LogP contribution in [0.25, 0.3) is 11.1 Å². The number of fused-ring (bicyclic) bond motifs is 3. The van der Waals surface area contributed by atoms with Gasteiger partial charge in [0.2, 0.25) is 5.91 Å². The Bertz CT molecular complexity index is 942. The van der Waals surface area contributed by atoms with Gasteiger partial charge in [-0.15, -0.1) is 0 Å². The molecular formula is C25H30N2O5. The quantitative estimate of drug-likeness (QED) is 0.550. The molecule has 0 saturated carbocycles. The molecule has 0 radical (unpaired) electrons. The number of carboxylic acid groups (broad SMARTS) is 1. The highest BCUT2D eigenvalue weighted by atomic mass is 16.5. The van der Waals surface area contributed by atoms with Crippen molar-refractivity contribution in [1.29, 1.82) is 0 Å². The minimum absolute atomic E-state index is 0.0792. The number of nitrogens with one attached hydrogen (secondary N) is 2. The predicted octanol–water partition coefficient (Wildman–Crippen LogP) is 3.92. The standard InChI is InChI=1S/C25H30N2O5/c1-4-21(23(28)26-22(24(29)30)13-15(2)3)27-25(31)32-14-20-18-11-7-5-9-16(18)17-10-6-8-12-19(17)20/h5-12,15,20-22H,4,13-14H2,1-3H3,(H,26,28)(H,27,31)(H,29,30)/t21?,22-/m0/s1. The van der Waals surface area contributed by atoms with E-state index in [0.717, 1.165) is 22.3 Å². The third-order valence-electron chi connectivity index (χ3n) is 5.68. The van der Waals surface area contributed by atoms with E-state index in [9.17, 15) is 19.5 Å². The number of alkyl carbamates (subject to hydrolysis) is 1. The lowest BCUT2D eigenvalue weighted by Gasteiger charge is -2.22. The Morgan fingerprint density at radius 1 is 0.938 bits per heavy atom. The molecule has 1 aliphatic carbocycles. The zero-order chi connectivity index (χ0) is 23.3. The first-order valence-electron chi connectivity index (χ1n) is 11.0. The van der Waals surface area contributed by atoms with E-state index in [-0.39, 0.29) is 18.4 Å². The molecule has 3 N–H and O–H groups in total. The minimum atomic E-state index is -1.09. The molecule has 0 aliphatic heterocycles. The number of carbonyl (C=O) groups excluding carboxylic acids is 2. The van der Waals surface area contributed by atoms with Crippen molar-refractivity contribution in [3.05, 3.63) is 59.7 Å². The molecule has 0 bridgehead atoms. The number of benzene rings is 2. The highest BCUT2D eigenvalue weighted by Crippen LogP contribution is 2.44. The van der Waals surface area contributed by atoms with E-state index >= 15 is 0 Å². The number of amides is 2. The first-order valence-corrected chi connectivity index (χ1v) is 11.0. The lowest BCUT2D eigenvalue weighted by molar-refractivity contribution is -0.142. The highest BCUT2D eigenvalue weighted by molar-refractivity contribution is 5.89. The summed E-state index contributed by atoms with van der Waals surface area (Å²) in [7, 11) is 0. The maximum absolute atomic E-state index is 12.5. The van der Waals surface area contributed by atoms with Gasteiger partial charge < -0.3 is 20.5 Å². The zero-order valence-electron chi connectivity index (χ0n) is 18.6. The first-order chi connectivity index (χ1) is 15.3. The Labute approximate surface area is 188 Å². The van der Waals surface area contributed by atoms with Crippen molar-refractivity contribution in [1.82, 2.24) is 10.6 Å². The Kier molecular flexibility index (Phi) is 7.51. The maximum atomic E-state index is 12.5. The molecular weight excluding hydrogens is 408 g/mol. The van der Waals surface area contributed by atoms with Gasteiger partial charge in [-0.3, -0.25) is 4.79 Å². The number of hydrogen-bond donors (Lipinski definition) is 3. The molecule has 0 saturated heterocycles. The van der Waals surface area contributed by atoms with Gasteiger partial charge in [-0.2, -0.15) is 0 Å². The smallest absolute Gasteiger partial charge is 0.407 e. The first kappa shape index (κ1) is 23.3. The van der Waals surface area contributed by atoms with Crippen LogP contribution in [0.4, 0.5) is 4.79 Å². The van der Waals surface area contributed by atoms with E-state index in [1.54, 1.807) is 6.92 Å². The van der Waals surface area contributed by atoms with Gasteiger partial charge in [0.25, 0.3) is 0 Å². The van der Waals surface area contributed by atoms with E-state index < -0.39 is 30.1 Å². The van der Waals surface area contributed by atoms with Crippen LogP contribution in [0.3, 0.4) is 0 Å². The van der Waals surface area contributed by atoms with Gasteiger partial charge in [0.15, 0.2) is 0 Å². The molecule has 7 heteroatoms. The lowest BCUT2D eigenvalue weighted by Crippen LogP contribution is -2.51. The summed E-state index contributed by atoms with van der Waals surface area (Å²) in [5, 5.41) is 14.4. The highest BCUT2D eigenvalue weighted by Gasteiger charge is 2.30. The topological polar surface area (TPSA) is 105 Å². The molecule has 1 aliphatic rings. The third-order valence-corrected chi connectivity index (χ3v) is 5.68. The molecule has 0 spiro atoms. The average Bonchev–Trinajstić information content (AvgIpc) is 3.09. The van der Waals surface area contributed by atoms with Crippen molar-refractivity contribution < 1.29 is 24.2 Å². The summed E-state index contributed by atoms with van der Waals surface area (Å²) in [6.07, 6.45) is -0.0865. The van der Waals surface area contributed by atoms with Crippen LogP contribution in [0, 0.1) is 5.92 Å². The van der Waals surface area contributed by atoms with Gasteiger partial charge in [-0.25, -0.2) is 9.59 Å². The van der Waals surface area contributed by atoms with Crippen LogP contribution < -0.4 is 10.6 Å².